The van der Waals surface area contributed by atoms with Crippen LogP contribution in [0.15, 0.2) is 42.6 Å². The summed E-state index contributed by atoms with van der Waals surface area (Å²) >= 11 is 5.82. The Hall–Kier alpha value is -2.11. The maximum Gasteiger partial charge on any atom is 0.279 e. The monoisotopic (exact) mass is 305 g/mol. The number of carbonyl (C=O) groups excluding carboxylic acids is 1. The highest BCUT2D eigenvalue weighted by molar-refractivity contribution is 6.31. The lowest BCUT2D eigenvalue weighted by Gasteiger charge is -2.27. The summed E-state index contributed by atoms with van der Waals surface area (Å²) in [7, 11) is 0. The first-order valence-electron chi connectivity index (χ1n) is 6.49. The highest BCUT2D eigenvalue weighted by Gasteiger charge is 2.24. The maximum atomic E-state index is 12.7. The van der Waals surface area contributed by atoms with Gasteiger partial charge in [-0.25, -0.2) is 4.98 Å². The summed E-state index contributed by atoms with van der Waals surface area (Å²) in [5.41, 5.74) is 3.02. The smallest absolute Gasteiger partial charge is 0.279 e. The van der Waals surface area contributed by atoms with Crippen LogP contribution in [-0.2, 0) is 0 Å². The van der Waals surface area contributed by atoms with Gasteiger partial charge in [0.2, 0.25) is 0 Å². The SMILES string of the molecule is CC(C)N(C(=O)c1ncc(Cl)cc1NO)c1ccccc1. The molecule has 0 fully saturated rings. The number of para-hydroxylation sites is 1. The van der Waals surface area contributed by atoms with Crippen molar-refractivity contribution in [2.24, 2.45) is 0 Å². The van der Waals surface area contributed by atoms with Crippen molar-refractivity contribution in [3.05, 3.63) is 53.3 Å². The van der Waals surface area contributed by atoms with Gasteiger partial charge in [0.15, 0.2) is 5.69 Å². The molecule has 0 saturated carbocycles. The standard InChI is InChI=1S/C15H16ClN3O2/c1-10(2)19(12-6-4-3-5-7-12)15(20)14-13(18-21)8-11(16)9-17-14/h3-10,18,21H,1-2H3. The van der Waals surface area contributed by atoms with E-state index in [1.165, 1.54) is 12.3 Å². The first kappa shape index (κ1) is 15.3. The molecule has 1 heterocycles. The zero-order chi connectivity index (χ0) is 15.4. The number of aromatic nitrogens is 1. The molecule has 2 N–H and O–H groups in total. The second-order valence-corrected chi connectivity index (χ2v) is 5.20. The van der Waals surface area contributed by atoms with Crippen molar-refractivity contribution >= 4 is 28.9 Å². The lowest BCUT2D eigenvalue weighted by molar-refractivity contribution is 0.0975. The molecule has 0 saturated heterocycles. The Balaban J connectivity index is 2.45. The number of carbonyl (C=O) groups is 1. The number of halogens is 1. The summed E-state index contributed by atoms with van der Waals surface area (Å²) in [4.78, 5) is 18.4. The molecule has 0 spiro atoms. The van der Waals surface area contributed by atoms with E-state index in [-0.39, 0.29) is 23.3 Å². The first-order chi connectivity index (χ1) is 10.0. The van der Waals surface area contributed by atoms with Crippen molar-refractivity contribution in [2.75, 3.05) is 10.4 Å². The van der Waals surface area contributed by atoms with Crippen molar-refractivity contribution in [1.29, 1.82) is 0 Å². The largest absolute Gasteiger partial charge is 0.304 e. The van der Waals surface area contributed by atoms with Crippen LogP contribution in [0.5, 0.6) is 0 Å². The van der Waals surface area contributed by atoms with E-state index in [1.54, 1.807) is 4.90 Å². The Labute approximate surface area is 128 Å². The van der Waals surface area contributed by atoms with Gasteiger partial charge in [0.25, 0.3) is 5.91 Å². The number of hydrogen-bond donors (Lipinski definition) is 2. The third-order valence-corrected chi connectivity index (χ3v) is 3.15. The number of amides is 1. The topological polar surface area (TPSA) is 65.5 Å². The fourth-order valence-electron chi connectivity index (χ4n) is 2.05. The van der Waals surface area contributed by atoms with Crippen LogP contribution >= 0.6 is 11.6 Å². The highest BCUT2D eigenvalue weighted by atomic mass is 35.5. The van der Waals surface area contributed by atoms with E-state index in [1.807, 2.05) is 49.7 Å². The number of benzene rings is 1. The third kappa shape index (κ3) is 3.32. The van der Waals surface area contributed by atoms with Crippen molar-refractivity contribution in [3.8, 4) is 0 Å². The summed E-state index contributed by atoms with van der Waals surface area (Å²) in [5, 5.41) is 9.50. The van der Waals surface area contributed by atoms with E-state index in [0.29, 0.717) is 5.02 Å². The van der Waals surface area contributed by atoms with Crippen LogP contribution in [0, 0.1) is 0 Å². The van der Waals surface area contributed by atoms with Gasteiger partial charge >= 0.3 is 0 Å². The van der Waals surface area contributed by atoms with Crippen LogP contribution in [0.1, 0.15) is 24.3 Å². The molecule has 2 aromatic rings. The van der Waals surface area contributed by atoms with E-state index >= 15 is 0 Å². The van der Waals surface area contributed by atoms with Crippen LogP contribution in [-0.4, -0.2) is 22.1 Å². The van der Waals surface area contributed by atoms with Crippen LogP contribution in [0.2, 0.25) is 5.02 Å². The second-order valence-electron chi connectivity index (χ2n) is 4.77. The first-order valence-corrected chi connectivity index (χ1v) is 6.86. The molecule has 0 aliphatic carbocycles. The Bertz CT molecular complexity index is 632. The van der Waals surface area contributed by atoms with Gasteiger partial charge in [-0.2, -0.15) is 0 Å². The lowest BCUT2D eigenvalue weighted by Crippen LogP contribution is -2.37. The second kappa shape index (κ2) is 6.56. The van der Waals surface area contributed by atoms with Crippen LogP contribution < -0.4 is 10.4 Å². The highest BCUT2D eigenvalue weighted by Crippen LogP contribution is 2.24. The zero-order valence-electron chi connectivity index (χ0n) is 11.7. The molecule has 21 heavy (non-hydrogen) atoms. The van der Waals surface area contributed by atoms with E-state index in [2.05, 4.69) is 4.98 Å². The fourth-order valence-corrected chi connectivity index (χ4v) is 2.21. The molecule has 0 radical (unpaired) electrons. The fraction of sp³-hybridized carbons (Fsp3) is 0.200. The van der Waals surface area contributed by atoms with Gasteiger partial charge in [-0.1, -0.05) is 29.8 Å². The number of pyridine rings is 1. The number of nitrogens with one attached hydrogen (secondary N) is 1. The molecular formula is C15H16ClN3O2. The Morgan fingerprint density at radius 1 is 1.33 bits per heavy atom. The number of nitrogens with zero attached hydrogens (tertiary/aromatic N) is 2. The van der Waals surface area contributed by atoms with Crippen molar-refractivity contribution in [2.45, 2.75) is 19.9 Å². The summed E-state index contributed by atoms with van der Waals surface area (Å²) < 4.78 is 0. The van der Waals surface area contributed by atoms with Gasteiger partial charge in [-0.05, 0) is 32.0 Å². The van der Waals surface area contributed by atoms with Gasteiger partial charge in [-0.15, -0.1) is 0 Å². The normalized spacial score (nSPS) is 10.5. The summed E-state index contributed by atoms with van der Waals surface area (Å²) in [5.74, 6) is -0.315. The predicted molar refractivity (Wildman–Crippen MR) is 83.0 cm³/mol. The summed E-state index contributed by atoms with van der Waals surface area (Å²) in [6, 6.07) is 10.7. The summed E-state index contributed by atoms with van der Waals surface area (Å²) in [6.07, 6.45) is 1.37. The van der Waals surface area contributed by atoms with Gasteiger partial charge in [0.05, 0.1) is 10.7 Å². The molecule has 0 bridgehead atoms. The molecule has 5 nitrogen and oxygen atoms in total. The maximum absolute atomic E-state index is 12.7. The van der Waals surface area contributed by atoms with Crippen LogP contribution in [0.4, 0.5) is 11.4 Å². The summed E-state index contributed by atoms with van der Waals surface area (Å²) in [6.45, 7) is 3.82. The van der Waals surface area contributed by atoms with Crippen LogP contribution in [0.3, 0.4) is 0 Å². The van der Waals surface area contributed by atoms with Gasteiger partial charge in [-0.3, -0.25) is 15.5 Å². The molecule has 0 aliphatic heterocycles. The van der Waals surface area contributed by atoms with E-state index in [4.69, 9.17) is 16.8 Å². The molecule has 1 amide bonds. The van der Waals surface area contributed by atoms with Gasteiger partial charge in [0.1, 0.15) is 0 Å². The molecule has 0 atom stereocenters. The number of rotatable bonds is 4. The molecule has 0 unspecified atom stereocenters. The van der Waals surface area contributed by atoms with Gasteiger partial charge < -0.3 is 4.90 Å². The molecule has 1 aromatic heterocycles. The Morgan fingerprint density at radius 2 is 2.00 bits per heavy atom. The minimum atomic E-state index is -0.315. The minimum Gasteiger partial charge on any atom is -0.304 e. The molecule has 2 rings (SSSR count). The Morgan fingerprint density at radius 3 is 2.57 bits per heavy atom. The van der Waals surface area contributed by atoms with Crippen molar-refractivity contribution in [3.63, 3.8) is 0 Å². The molecule has 0 aliphatic rings. The Kier molecular flexibility index (Phi) is 4.77. The van der Waals surface area contributed by atoms with E-state index < -0.39 is 0 Å². The number of anilines is 2. The molecule has 6 heteroatoms. The predicted octanol–water partition coefficient (Wildman–Crippen LogP) is 3.59. The van der Waals surface area contributed by atoms with Gasteiger partial charge in [0, 0.05) is 17.9 Å². The van der Waals surface area contributed by atoms with Crippen molar-refractivity contribution in [1.82, 2.24) is 4.98 Å². The van der Waals surface area contributed by atoms with E-state index in [9.17, 15) is 4.79 Å². The van der Waals surface area contributed by atoms with E-state index in [0.717, 1.165) is 5.69 Å². The third-order valence-electron chi connectivity index (χ3n) is 2.95. The minimum absolute atomic E-state index is 0.0658. The quantitative estimate of drug-likeness (QED) is 0.847. The molecular weight excluding hydrogens is 290 g/mol. The number of hydrogen-bond acceptors (Lipinski definition) is 4. The molecule has 1 aromatic carbocycles. The molecule has 110 valence electrons. The lowest BCUT2D eigenvalue weighted by atomic mass is 10.2. The van der Waals surface area contributed by atoms with Crippen LogP contribution in [0.25, 0.3) is 0 Å². The average Bonchev–Trinajstić information content (AvgIpc) is 2.47. The zero-order valence-corrected chi connectivity index (χ0v) is 12.5. The van der Waals surface area contributed by atoms with Crippen molar-refractivity contribution < 1.29 is 10.0 Å². The average molecular weight is 306 g/mol.